The summed E-state index contributed by atoms with van der Waals surface area (Å²) in [5.74, 6) is 1.48. The zero-order valence-corrected chi connectivity index (χ0v) is 17.1. The molecule has 0 unspecified atom stereocenters. The van der Waals surface area contributed by atoms with Gasteiger partial charge in [0.25, 0.3) is 12.4 Å². The molecular weight excluding hydrogens is 400 g/mol. The average Bonchev–Trinajstić information content (AvgIpc) is 3.27. The molecule has 3 rings (SSSR count). The molecule has 0 saturated heterocycles. The lowest BCUT2D eigenvalue weighted by atomic mass is 10.1. The lowest BCUT2D eigenvalue weighted by molar-refractivity contribution is -0.122. The Morgan fingerprint density at radius 1 is 1.24 bits per heavy atom. The van der Waals surface area contributed by atoms with Crippen molar-refractivity contribution in [3.8, 4) is 11.5 Å². The maximum absolute atomic E-state index is 12.3. The van der Waals surface area contributed by atoms with Crippen LogP contribution in [-0.4, -0.2) is 47.1 Å². The summed E-state index contributed by atoms with van der Waals surface area (Å²) < 4.78 is 15.6. The number of aryl methyl sites for hydroxylation is 2. The third kappa shape index (κ3) is 5.51. The van der Waals surface area contributed by atoms with E-state index in [0.29, 0.717) is 40.1 Å². The van der Waals surface area contributed by atoms with Crippen LogP contribution in [0.5, 0.6) is 11.5 Å². The Kier molecular flexibility index (Phi) is 7.66. The Labute approximate surface area is 170 Å². The Morgan fingerprint density at radius 2 is 1.93 bits per heavy atom. The molecule has 11 heteroatoms. The maximum atomic E-state index is 12.3. The van der Waals surface area contributed by atoms with Crippen molar-refractivity contribution >= 4 is 28.8 Å². The second kappa shape index (κ2) is 10.2. The summed E-state index contributed by atoms with van der Waals surface area (Å²) in [6.07, 6.45) is 0.569. The third-order valence-electron chi connectivity index (χ3n) is 3.75. The van der Waals surface area contributed by atoms with E-state index >= 15 is 0 Å². The number of carboxylic acid groups (broad SMARTS) is 1. The second-order valence-corrected chi connectivity index (χ2v) is 6.69. The molecule has 0 atom stereocenters. The smallest absolute Gasteiger partial charge is 0.290 e. The molecule has 0 spiro atoms. The molecule has 0 aliphatic heterocycles. The van der Waals surface area contributed by atoms with E-state index < -0.39 is 0 Å². The number of ether oxygens (including phenoxy) is 2. The number of benzene rings is 1. The zero-order valence-electron chi connectivity index (χ0n) is 16.3. The highest BCUT2D eigenvalue weighted by Gasteiger charge is 2.19. The van der Waals surface area contributed by atoms with Crippen molar-refractivity contribution in [2.45, 2.75) is 20.3 Å². The molecule has 29 heavy (non-hydrogen) atoms. The van der Waals surface area contributed by atoms with Gasteiger partial charge in [0.2, 0.25) is 5.13 Å². The summed E-state index contributed by atoms with van der Waals surface area (Å²) in [6.45, 7) is 3.16. The van der Waals surface area contributed by atoms with Crippen LogP contribution in [-0.2, 0) is 11.2 Å². The molecule has 0 bridgehead atoms. The van der Waals surface area contributed by atoms with Crippen LogP contribution < -0.4 is 14.8 Å². The number of aromatic nitrogens is 3. The molecule has 0 aliphatic carbocycles. The molecule has 154 valence electrons. The number of nitrogens with zero attached hydrogens (tertiary/aromatic N) is 3. The van der Waals surface area contributed by atoms with Crippen LogP contribution in [0.25, 0.3) is 0 Å². The van der Waals surface area contributed by atoms with Crippen molar-refractivity contribution in [3.05, 3.63) is 45.8 Å². The lowest BCUT2D eigenvalue weighted by Gasteiger charge is -2.08. The average molecular weight is 420 g/mol. The van der Waals surface area contributed by atoms with Crippen LogP contribution in [0.3, 0.4) is 0 Å². The monoisotopic (exact) mass is 420 g/mol. The van der Waals surface area contributed by atoms with Crippen molar-refractivity contribution in [2.75, 3.05) is 19.5 Å². The molecule has 2 aromatic heterocycles. The molecule has 0 radical (unpaired) electrons. The first kappa shape index (κ1) is 21.8. The summed E-state index contributed by atoms with van der Waals surface area (Å²) in [4.78, 5) is 20.7. The molecule has 1 aromatic carbocycles. The highest BCUT2D eigenvalue weighted by Crippen LogP contribution is 2.29. The molecule has 2 heterocycles. The van der Waals surface area contributed by atoms with Gasteiger partial charge in [0.05, 0.1) is 19.9 Å². The lowest BCUT2D eigenvalue weighted by Crippen LogP contribution is -2.13. The number of nitrogens with one attached hydrogen (secondary N) is 1. The summed E-state index contributed by atoms with van der Waals surface area (Å²) in [7, 11) is 3.19. The number of carbonyl (C=O) groups excluding carboxylic acids is 1. The first-order valence-corrected chi connectivity index (χ1v) is 9.10. The van der Waals surface area contributed by atoms with Crippen molar-refractivity contribution in [3.63, 3.8) is 0 Å². The number of hydrogen-bond donors (Lipinski definition) is 2. The minimum atomic E-state index is -0.310. The molecule has 0 fully saturated rings. The fourth-order valence-electron chi connectivity index (χ4n) is 2.51. The van der Waals surface area contributed by atoms with Crippen LogP contribution in [0.2, 0.25) is 0 Å². The van der Waals surface area contributed by atoms with Gasteiger partial charge in [-0.15, -0.1) is 10.2 Å². The molecular formula is C18H20N4O6S. The summed E-state index contributed by atoms with van der Waals surface area (Å²) >= 11 is 1.31. The second-order valence-electron chi connectivity index (χ2n) is 5.63. The van der Waals surface area contributed by atoms with Gasteiger partial charge < -0.3 is 19.1 Å². The van der Waals surface area contributed by atoms with Crippen LogP contribution in [0, 0.1) is 13.8 Å². The van der Waals surface area contributed by atoms with Crippen LogP contribution >= 0.6 is 11.3 Å². The van der Waals surface area contributed by atoms with Gasteiger partial charge in [-0.2, -0.15) is 0 Å². The van der Waals surface area contributed by atoms with Gasteiger partial charge in [0.1, 0.15) is 16.3 Å². The number of hydrogen-bond acceptors (Lipinski definition) is 9. The third-order valence-corrected chi connectivity index (χ3v) is 4.59. The fraction of sp³-hybridized carbons (Fsp3) is 0.278. The molecule has 2 N–H and O–H groups in total. The first-order chi connectivity index (χ1) is 13.9. The Bertz CT molecular complexity index is 965. The van der Waals surface area contributed by atoms with Crippen molar-refractivity contribution in [1.29, 1.82) is 0 Å². The van der Waals surface area contributed by atoms with Gasteiger partial charge in [0, 0.05) is 6.42 Å². The van der Waals surface area contributed by atoms with Gasteiger partial charge in [0.15, 0.2) is 11.5 Å². The van der Waals surface area contributed by atoms with Crippen molar-refractivity contribution in [1.82, 2.24) is 15.4 Å². The van der Waals surface area contributed by atoms with Gasteiger partial charge in [-0.25, -0.2) is 0 Å². The summed E-state index contributed by atoms with van der Waals surface area (Å²) in [5, 5.41) is 22.8. The van der Waals surface area contributed by atoms with Crippen molar-refractivity contribution in [2.24, 2.45) is 0 Å². The van der Waals surface area contributed by atoms with E-state index in [9.17, 15) is 4.79 Å². The van der Waals surface area contributed by atoms with Crippen LogP contribution in [0.15, 0.2) is 22.7 Å². The molecule has 0 aliphatic rings. The number of carbonyl (C=O) groups is 2. The maximum Gasteiger partial charge on any atom is 0.290 e. The minimum absolute atomic E-state index is 0.250. The van der Waals surface area contributed by atoms with E-state index in [4.69, 9.17) is 23.9 Å². The van der Waals surface area contributed by atoms with Crippen LogP contribution in [0.1, 0.15) is 32.4 Å². The highest BCUT2D eigenvalue weighted by atomic mass is 32.1. The molecule has 3 aromatic rings. The van der Waals surface area contributed by atoms with Gasteiger partial charge in [-0.05, 0) is 31.5 Å². The fourth-order valence-corrected chi connectivity index (χ4v) is 3.28. The number of anilines is 1. The Balaban J connectivity index is 0.000000941. The van der Waals surface area contributed by atoms with E-state index in [2.05, 4.69) is 20.7 Å². The SMILES string of the molecule is COc1ccc(Cc2nnc(NC(=O)c3c(C)noc3C)s2)cc1OC.O=CO. The van der Waals surface area contributed by atoms with E-state index in [1.165, 1.54) is 11.3 Å². The standard InChI is InChI=1S/C17H18N4O4S.CH2O2/c1-9-15(10(2)25-21-9)16(22)18-17-20-19-14(26-17)8-11-5-6-12(23-3)13(7-11)24-4;2-1-3/h5-7H,8H2,1-4H3,(H,18,20,22);1H,(H,2,3). The van der Waals surface area contributed by atoms with Crippen molar-refractivity contribution < 1.29 is 28.7 Å². The van der Waals surface area contributed by atoms with Gasteiger partial charge in [-0.1, -0.05) is 22.6 Å². The number of amides is 1. The topological polar surface area (TPSA) is 137 Å². The minimum Gasteiger partial charge on any atom is -0.493 e. The highest BCUT2D eigenvalue weighted by molar-refractivity contribution is 7.15. The van der Waals surface area contributed by atoms with E-state index in [0.717, 1.165) is 10.6 Å². The van der Waals surface area contributed by atoms with Crippen LogP contribution in [0.4, 0.5) is 5.13 Å². The largest absolute Gasteiger partial charge is 0.493 e. The Morgan fingerprint density at radius 3 is 2.52 bits per heavy atom. The van der Waals surface area contributed by atoms with Gasteiger partial charge >= 0.3 is 0 Å². The predicted molar refractivity (Wildman–Crippen MR) is 105 cm³/mol. The first-order valence-electron chi connectivity index (χ1n) is 8.28. The van der Waals surface area contributed by atoms with Gasteiger partial charge in [-0.3, -0.25) is 14.9 Å². The number of rotatable bonds is 6. The van der Waals surface area contributed by atoms with E-state index in [1.54, 1.807) is 28.1 Å². The molecule has 10 nitrogen and oxygen atoms in total. The molecule has 0 saturated carbocycles. The van der Waals surface area contributed by atoms with E-state index in [-0.39, 0.29) is 12.4 Å². The quantitative estimate of drug-likeness (QED) is 0.577. The van der Waals surface area contributed by atoms with E-state index in [1.807, 2.05) is 18.2 Å². The summed E-state index contributed by atoms with van der Waals surface area (Å²) in [6, 6.07) is 5.67. The normalized spacial score (nSPS) is 9.93. The summed E-state index contributed by atoms with van der Waals surface area (Å²) in [5.41, 5.74) is 1.96. The predicted octanol–water partition coefficient (Wildman–Crippen LogP) is 2.70. The number of methoxy groups -OCH3 is 2. The molecule has 1 amide bonds. The Hall–Kier alpha value is -3.47. The zero-order chi connectivity index (χ0) is 21.4.